The molecule has 0 atom stereocenters. The first-order chi connectivity index (χ1) is 14.1. The monoisotopic (exact) mass is 408 g/mol. The van der Waals surface area contributed by atoms with Gasteiger partial charge in [-0.1, -0.05) is 11.6 Å². The zero-order valence-corrected chi connectivity index (χ0v) is 17.6. The molecule has 0 saturated heterocycles. The second-order valence-corrected chi connectivity index (χ2v) is 8.65. The molecule has 5 rings (SSSR count). The van der Waals surface area contributed by atoms with Crippen LogP contribution >= 0.6 is 11.6 Å². The number of halogens is 1. The van der Waals surface area contributed by atoms with Gasteiger partial charge in [0.05, 0.1) is 29.3 Å². The van der Waals surface area contributed by atoms with Crippen molar-refractivity contribution in [3.8, 4) is 5.69 Å². The molecule has 1 aliphatic carbocycles. The molecule has 0 bridgehead atoms. The van der Waals surface area contributed by atoms with Crippen LogP contribution in [-0.4, -0.2) is 24.7 Å². The molecule has 2 aliphatic rings. The standard InChI is InChI=1S/C22H25ClN6/c1-13-10-25-14(2)21(26-13)15-3-5-16(6-4-15)22-28-27-20-12-24-11-17-9-18(23)7-8-19(17)29(20)22/h7-10,15-16,24H,3-6,11-12H2,1-2H3. The van der Waals surface area contributed by atoms with Crippen molar-refractivity contribution in [1.82, 2.24) is 30.0 Å². The summed E-state index contributed by atoms with van der Waals surface area (Å²) in [7, 11) is 0. The first kappa shape index (κ1) is 18.7. The van der Waals surface area contributed by atoms with Gasteiger partial charge in [0.25, 0.3) is 0 Å². The summed E-state index contributed by atoms with van der Waals surface area (Å²) in [6, 6.07) is 6.09. The van der Waals surface area contributed by atoms with E-state index in [1.807, 2.05) is 25.3 Å². The van der Waals surface area contributed by atoms with Gasteiger partial charge in [0.1, 0.15) is 5.82 Å². The van der Waals surface area contributed by atoms with Gasteiger partial charge in [-0.25, -0.2) is 0 Å². The molecule has 1 saturated carbocycles. The number of hydrogen-bond acceptors (Lipinski definition) is 5. The molecular formula is C22H25ClN6. The molecule has 0 unspecified atom stereocenters. The molecule has 3 heterocycles. The van der Waals surface area contributed by atoms with E-state index < -0.39 is 0 Å². The highest BCUT2D eigenvalue weighted by Crippen LogP contribution is 2.41. The number of hydrogen-bond donors (Lipinski definition) is 1. The van der Waals surface area contributed by atoms with Crippen LogP contribution in [-0.2, 0) is 13.1 Å². The van der Waals surface area contributed by atoms with Crippen LogP contribution in [0.3, 0.4) is 0 Å². The summed E-state index contributed by atoms with van der Waals surface area (Å²) in [5, 5.41) is 13.3. The second kappa shape index (κ2) is 7.50. The Hall–Kier alpha value is -2.31. The summed E-state index contributed by atoms with van der Waals surface area (Å²) >= 11 is 6.24. The van der Waals surface area contributed by atoms with Crippen molar-refractivity contribution in [2.45, 2.75) is 64.5 Å². The summed E-state index contributed by atoms with van der Waals surface area (Å²) in [4.78, 5) is 9.30. The van der Waals surface area contributed by atoms with Gasteiger partial charge in [0.2, 0.25) is 0 Å². The third-order valence-corrected chi connectivity index (χ3v) is 6.46. The lowest BCUT2D eigenvalue weighted by Crippen LogP contribution is -2.18. The molecule has 1 fully saturated rings. The Morgan fingerprint density at radius 1 is 1.03 bits per heavy atom. The van der Waals surface area contributed by atoms with Crippen LogP contribution in [0, 0.1) is 13.8 Å². The Morgan fingerprint density at radius 3 is 2.66 bits per heavy atom. The molecule has 6 nitrogen and oxygen atoms in total. The highest BCUT2D eigenvalue weighted by molar-refractivity contribution is 6.30. The Morgan fingerprint density at radius 2 is 1.83 bits per heavy atom. The van der Waals surface area contributed by atoms with E-state index in [-0.39, 0.29) is 0 Å². The Balaban J connectivity index is 1.43. The minimum absolute atomic E-state index is 0.409. The van der Waals surface area contributed by atoms with E-state index in [0.29, 0.717) is 18.4 Å². The third-order valence-electron chi connectivity index (χ3n) is 6.23. The summed E-state index contributed by atoms with van der Waals surface area (Å²) in [6.07, 6.45) is 6.26. The van der Waals surface area contributed by atoms with Crippen molar-refractivity contribution in [2.75, 3.05) is 0 Å². The largest absolute Gasteiger partial charge is 0.306 e. The number of rotatable bonds is 2. The van der Waals surface area contributed by atoms with Gasteiger partial charge in [0.15, 0.2) is 5.82 Å². The van der Waals surface area contributed by atoms with Gasteiger partial charge in [-0.05, 0) is 63.3 Å². The van der Waals surface area contributed by atoms with E-state index in [2.05, 4.69) is 38.1 Å². The van der Waals surface area contributed by atoms with Gasteiger partial charge in [0, 0.05) is 29.6 Å². The van der Waals surface area contributed by atoms with Gasteiger partial charge in [-0.15, -0.1) is 10.2 Å². The van der Waals surface area contributed by atoms with Crippen molar-refractivity contribution >= 4 is 11.6 Å². The molecule has 0 spiro atoms. The van der Waals surface area contributed by atoms with Crippen LogP contribution in [0.5, 0.6) is 0 Å². The van der Waals surface area contributed by atoms with Crippen LogP contribution in [0.4, 0.5) is 0 Å². The smallest absolute Gasteiger partial charge is 0.151 e. The van der Waals surface area contributed by atoms with Crippen molar-refractivity contribution in [2.24, 2.45) is 0 Å². The second-order valence-electron chi connectivity index (χ2n) is 8.22. The van der Waals surface area contributed by atoms with Gasteiger partial charge >= 0.3 is 0 Å². The average molecular weight is 409 g/mol. The van der Waals surface area contributed by atoms with E-state index in [0.717, 1.165) is 66.0 Å². The predicted octanol–water partition coefficient (Wildman–Crippen LogP) is 4.37. The molecule has 0 amide bonds. The summed E-state index contributed by atoms with van der Waals surface area (Å²) in [5.41, 5.74) is 5.58. The number of nitrogens with one attached hydrogen (secondary N) is 1. The van der Waals surface area contributed by atoms with Crippen LogP contribution in [0.25, 0.3) is 5.69 Å². The number of aromatic nitrogens is 5. The lowest BCUT2D eigenvalue weighted by molar-refractivity contribution is 0.375. The van der Waals surface area contributed by atoms with Gasteiger partial charge in [-0.3, -0.25) is 14.5 Å². The maximum absolute atomic E-state index is 6.24. The average Bonchev–Trinajstić information content (AvgIpc) is 3.05. The lowest BCUT2D eigenvalue weighted by Gasteiger charge is -2.28. The third kappa shape index (κ3) is 3.45. The summed E-state index contributed by atoms with van der Waals surface area (Å²) in [5.74, 6) is 2.95. The first-order valence-corrected chi connectivity index (χ1v) is 10.7. The predicted molar refractivity (Wildman–Crippen MR) is 112 cm³/mol. The first-order valence-electron chi connectivity index (χ1n) is 10.3. The summed E-state index contributed by atoms with van der Waals surface area (Å²) in [6.45, 7) is 5.59. The fourth-order valence-electron chi connectivity index (χ4n) is 4.76. The maximum atomic E-state index is 6.24. The number of nitrogens with zero attached hydrogens (tertiary/aromatic N) is 5. The van der Waals surface area contributed by atoms with Crippen LogP contribution in [0.2, 0.25) is 5.02 Å². The highest BCUT2D eigenvalue weighted by Gasteiger charge is 2.30. The minimum atomic E-state index is 0.409. The molecule has 1 aromatic carbocycles. The minimum Gasteiger partial charge on any atom is -0.306 e. The van der Waals surface area contributed by atoms with Gasteiger partial charge < -0.3 is 5.32 Å². The van der Waals surface area contributed by atoms with Crippen molar-refractivity contribution in [3.05, 3.63) is 63.7 Å². The number of benzene rings is 1. The normalized spacial score (nSPS) is 21.3. The van der Waals surface area contributed by atoms with E-state index in [4.69, 9.17) is 16.6 Å². The molecular weight excluding hydrogens is 384 g/mol. The molecule has 2 aromatic heterocycles. The molecule has 0 radical (unpaired) electrons. The van der Waals surface area contributed by atoms with E-state index in [1.54, 1.807) is 0 Å². The zero-order valence-electron chi connectivity index (χ0n) is 16.8. The fraction of sp³-hybridized carbons (Fsp3) is 0.455. The molecule has 7 heteroatoms. The molecule has 150 valence electrons. The SMILES string of the molecule is Cc1cnc(C)c(C2CCC(c3nnc4n3-c3ccc(Cl)cc3CNC4)CC2)n1. The Labute approximate surface area is 175 Å². The molecule has 29 heavy (non-hydrogen) atoms. The van der Waals surface area contributed by atoms with Gasteiger partial charge in [-0.2, -0.15) is 0 Å². The molecule has 3 aromatic rings. The maximum Gasteiger partial charge on any atom is 0.151 e. The number of fused-ring (bicyclic) bond motifs is 3. The fourth-order valence-corrected chi connectivity index (χ4v) is 4.96. The highest BCUT2D eigenvalue weighted by atomic mass is 35.5. The van der Waals surface area contributed by atoms with Crippen LogP contribution < -0.4 is 5.32 Å². The number of aryl methyl sites for hydroxylation is 2. The quantitative estimate of drug-likeness (QED) is 0.681. The van der Waals surface area contributed by atoms with E-state index >= 15 is 0 Å². The van der Waals surface area contributed by atoms with E-state index in [1.165, 1.54) is 11.3 Å². The van der Waals surface area contributed by atoms with Crippen LogP contribution in [0.15, 0.2) is 24.4 Å². The van der Waals surface area contributed by atoms with Crippen LogP contribution in [0.1, 0.15) is 71.8 Å². The molecule has 1 aliphatic heterocycles. The van der Waals surface area contributed by atoms with E-state index in [9.17, 15) is 0 Å². The Bertz CT molecular complexity index is 1050. The summed E-state index contributed by atoms with van der Waals surface area (Å²) < 4.78 is 2.26. The lowest BCUT2D eigenvalue weighted by atomic mass is 9.79. The molecule has 1 N–H and O–H groups in total. The van der Waals surface area contributed by atoms with Crippen molar-refractivity contribution in [3.63, 3.8) is 0 Å². The van der Waals surface area contributed by atoms with Crippen molar-refractivity contribution < 1.29 is 0 Å². The Kier molecular flexibility index (Phi) is 4.84. The topological polar surface area (TPSA) is 68.5 Å². The van der Waals surface area contributed by atoms with Crippen molar-refractivity contribution in [1.29, 1.82) is 0 Å². The zero-order chi connectivity index (χ0) is 20.0.